The van der Waals surface area contributed by atoms with E-state index in [2.05, 4.69) is 12.2 Å². The molecule has 1 saturated heterocycles. The standard InChI is InChI=1S/C15H20N2O3/c1-3-20-14(18)12-6-8-13(9-7-12)16-15(19)17-10-4-5-11(17)2/h6-9,11H,3-5,10H2,1-2H3,(H,16,19). The van der Waals surface area contributed by atoms with E-state index >= 15 is 0 Å². The molecule has 20 heavy (non-hydrogen) atoms. The number of carbonyl (C=O) groups is 2. The van der Waals surface area contributed by atoms with E-state index in [-0.39, 0.29) is 18.0 Å². The number of rotatable bonds is 3. The quantitative estimate of drug-likeness (QED) is 0.864. The fraction of sp³-hybridized carbons (Fsp3) is 0.467. The number of amides is 2. The number of esters is 1. The maximum atomic E-state index is 12.1. The third-order valence-electron chi connectivity index (χ3n) is 3.46. The highest BCUT2D eigenvalue weighted by atomic mass is 16.5. The highest BCUT2D eigenvalue weighted by Gasteiger charge is 2.24. The van der Waals surface area contributed by atoms with Crippen LogP contribution in [0.1, 0.15) is 37.0 Å². The molecule has 0 radical (unpaired) electrons. The van der Waals surface area contributed by atoms with Crippen molar-refractivity contribution in [2.24, 2.45) is 0 Å². The van der Waals surface area contributed by atoms with E-state index < -0.39 is 0 Å². The van der Waals surface area contributed by atoms with Crippen LogP contribution in [0.3, 0.4) is 0 Å². The number of benzene rings is 1. The summed E-state index contributed by atoms with van der Waals surface area (Å²) < 4.78 is 4.91. The number of hydrogen-bond acceptors (Lipinski definition) is 3. The Labute approximate surface area is 118 Å². The van der Waals surface area contributed by atoms with Gasteiger partial charge in [-0.15, -0.1) is 0 Å². The molecule has 108 valence electrons. The molecule has 1 fully saturated rings. The average molecular weight is 276 g/mol. The van der Waals surface area contributed by atoms with Gasteiger partial charge in [0.25, 0.3) is 0 Å². The predicted molar refractivity (Wildman–Crippen MR) is 76.8 cm³/mol. The van der Waals surface area contributed by atoms with E-state index in [0.717, 1.165) is 19.4 Å². The first kappa shape index (κ1) is 14.4. The van der Waals surface area contributed by atoms with Gasteiger partial charge in [0.05, 0.1) is 12.2 Å². The lowest BCUT2D eigenvalue weighted by Gasteiger charge is -2.21. The van der Waals surface area contributed by atoms with Gasteiger partial charge in [0.1, 0.15) is 0 Å². The summed E-state index contributed by atoms with van der Waals surface area (Å²) in [6, 6.07) is 6.94. The zero-order valence-electron chi connectivity index (χ0n) is 11.9. The van der Waals surface area contributed by atoms with Crippen LogP contribution in [0.4, 0.5) is 10.5 Å². The summed E-state index contributed by atoms with van der Waals surface area (Å²) in [5, 5.41) is 2.85. The van der Waals surface area contributed by atoms with Crippen LogP contribution < -0.4 is 5.32 Å². The first-order valence-electron chi connectivity index (χ1n) is 6.96. The van der Waals surface area contributed by atoms with Crippen molar-refractivity contribution in [2.45, 2.75) is 32.7 Å². The molecule has 1 atom stereocenters. The highest BCUT2D eigenvalue weighted by molar-refractivity contribution is 5.92. The molecule has 0 bridgehead atoms. The summed E-state index contributed by atoms with van der Waals surface area (Å²) in [6.07, 6.45) is 2.10. The molecule has 0 saturated carbocycles. The smallest absolute Gasteiger partial charge is 0.338 e. The minimum atomic E-state index is -0.349. The third-order valence-corrected chi connectivity index (χ3v) is 3.46. The summed E-state index contributed by atoms with van der Waals surface area (Å²) in [7, 11) is 0. The van der Waals surface area contributed by atoms with Gasteiger partial charge in [-0.05, 0) is 51.0 Å². The van der Waals surface area contributed by atoms with Gasteiger partial charge in [-0.2, -0.15) is 0 Å². The molecular weight excluding hydrogens is 256 g/mol. The lowest BCUT2D eigenvalue weighted by molar-refractivity contribution is 0.0526. The second kappa shape index (κ2) is 6.41. The van der Waals surface area contributed by atoms with E-state index in [1.54, 1.807) is 31.2 Å². The molecule has 1 aliphatic heterocycles. The van der Waals surface area contributed by atoms with Gasteiger partial charge in [0.2, 0.25) is 0 Å². The molecule has 2 amide bonds. The Hall–Kier alpha value is -2.04. The number of carbonyl (C=O) groups excluding carboxylic acids is 2. The molecule has 1 aromatic carbocycles. The Bertz CT molecular complexity index is 484. The minimum Gasteiger partial charge on any atom is -0.462 e. The van der Waals surface area contributed by atoms with E-state index in [4.69, 9.17) is 4.74 Å². The lowest BCUT2D eigenvalue weighted by Crippen LogP contribution is -2.37. The van der Waals surface area contributed by atoms with Gasteiger partial charge in [-0.3, -0.25) is 0 Å². The Kier molecular flexibility index (Phi) is 4.61. The van der Waals surface area contributed by atoms with Crippen molar-refractivity contribution in [1.29, 1.82) is 0 Å². The molecule has 1 aromatic rings. The van der Waals surface area contributed by atoms with Crippen molar-refractivity contribution in [1.82, 2.24) is 4.90 Å². The van der Waals surface area contributed by atoms with Crippen molar-refractivity contribution in [3.05, 3.63) is 29.8 Å². The zero-order valence-corrected chi connectivity index (χ0v) is 11.9. The van der Waals surface area contributed by atoms with Gasteiger partial charge in [0, 0.05) is 18.3 Å². The normalized spacial score (nSPS) is 17.9. The number of nitrogens with one attached hydrogen (secondary N) is 1. The van der Waals surface area contributed by atoms with Gasteiger partial charge >= 0.3 is 12.0 Å². The lowest BCUT2D eigenvalue weighted by atomic mass is 10.2. The number of hydrogen-bond donors (Lipinski definition) is 1. The number of ether oxygens (including phenoxy) is 1. The monoisotopic (exact) mass is 276 g/mol. The SMILES string of the molecule is CCOC(=O)c1ccc(NC(=O)N2CCCC2C)cc1. The van der Waals surface area contributed by atoms with Gasteiger partial charge < -0.3 is 15.0 Å². The molecular formula is C15H20N2O3. The molecule has 2 rings (SSSR count). The minimum absolute atomic E-state index is 0.0844. The van der Waals surface area contributed by atoms with Gasteiger partial charge in [0.15, 0.2) is 0 Å². The second-order valence-electron chi connectivity index (χ2n) is 4.91. The molecule has 5 heteroatoms. The summed E-state index contributed by atoms with van der Waals surface area (Å²) in [6.45, 7) is 4.97. The Balaban J connectivity index is 1.96. The average Bonchev–Trinajstić information content (AvgIpc) is 2.86. The van der Waals surface area contributed by atoms with Crippen molar-refractivity contribution >= 4 is 17.7 Å². The van der Waals surface area contributed by atoms with E-state index in [9.17, 15) is 9.59 Å². The highest BCUT2D eigenvalue weighted by Crippen LogP contribution is 2.18. The summed E-state index contributed by atoms with van der Waals surface area (Å²) in [4.78, 5) is 25.4. The van der Waals surface area contributed by atoms with Crippen LogP contribution in [-0.2, 0) is 4.74 Å². The largest absolute Gasteiger partial charge is 0.462 e. The molecule has 0 spiro atoms. The van der Waals surface area contributed by atoms with Crippen molar-refractivity contribution in [3.8, 4) is 0 Å². The Morgan fingerprint density at radius 3 is 2.60 bits per heavy atom. The first-order valence-corrected chi connectivity index (χ1v) is 6.96. The van der Waals surface area contributed by atoms with Crippen molar-refractivity contribution < 1.29 is 14.3 Å². The van der Waals surface area contributed by atoms with E-state index in [1.165, 1.54) is 0 Å². The van der Waals surface area contributed by atoms with Crippen LogP contribution in [0, 0.1) is 0 Å². The summed E-state index contributed by atoms with van der Waals surface area (Å²) >= 11 is 0. The van der Waals surface area contributed by atoms with E-state index in [1.807, 2.05) is 4.90 Å². The van der Waals surface area contributed by atoms with Crippen molar-refractivity contribution in [3.63, 3.8) is 0 Å². The predicted octanol–water partition coefficient (Wildman–Crippen LogP) is 2.88. The molecule has 0 aromatic heterocycles. The van der Waals surface area contributed by atoms with Gasteiger partial charge in [-0.25, -0.2) is 9.59 Å². The Morgan fingerprint density at radius 1 is 1.35 bits per heavy atom. The molecule has 0 aliphatic carbocycles. The second-order valence-corrected chi connectivity index (χ2v) is 4.91. The maximum absolute atomic E-state index is 12.1. The van der Waals surface area contributed by atoms with Crippen LogP contribution in [0.15, 0.2) is 24.3 Å². The fourth-order valence-corrected chi connectivity index (χ4v) is 2.33. The van der Waals surface area contributed by atoms with Crippen LogP contribution in [0.2, 0.25) is 0 Å². The maximum Gasteiger partial charge on any atom is 0.338 e. The van der Waals surface area contributed by atoms with Gasteiger partial charge in [-0.1, -0.05) is 0 Å². The number of likely N-dealkylation sites (tertiary alicyclic amines) is 1. The topological polar surface area (TPSA) is 58.6 Å². The zero-order chi connectivity index (χ0) is 14.5. The summed E-state index contributed by atoms with van der Waals surface area (Å²) in [5.74, 6) is -0.349. The van der Waals surface area contributed by atoms with Crippen LogP contribution >= 0.6 is 0 Å². The Morgan fingerprint density at radius 2 is 2.05 bits per heavy atom. The third kappa shape index (κ3) is 3.29. The van der Waals surface area contributed by atoms with Crippen LogP contribution in [-0.4, -0.2) is 36.1 Å². The summed E-state index contributed by atoms with van der Waals surface area (Å²) in [5.41, 5.74) is 1.17. The van der Waals surface area contributed by atoms with Crippen molar-refractivity contribution in [2.75, 3.05) is 18.5 Å². The molecule has 5 nitrogen and oxygen atoms in total. The molecule has 1 aliphatic rings. The molecule has 1 unspecified atom stereocenters. The van der Waals surface area contributed by atoms with Crippen LogP contribution in [0.25, 0.3) is 0 Å². The molecule has 1 N–H and O–H groups in total. The molecule has 1 heterocycles. The number of urea groups is 1. The van der Waals surface area contributed by atoms with E-state index in [0.29, 0.717) is 17.9 Å². The first-order chi connectivity index (χ1) is 9.61. The fourth-order valence-electron chi connectivity index (χ4n) is 2.33. The number of anilines is 1. The number of nitrogens with zero attached hydrogens (tertiary/aromatic N) is 1. The van der Waals surface area contributed by atoms with Crippen LogP contribution in [0.5, 0.6) is 0 Å².